The van der Waals surface area contributed by atoms with Crippen molar-refractivity contribution in [2.24, 2.45) is 0 Å². The van der Waals surface area contributed by atoms with E-state index in [0.717, 1.165) is 22.4 Å². The number of likely N-dealkylation sites (N-methyl/N-ethyl adjacent to an activating group) is 1. The fourth-order valence-electron chi connectivity index (χ4n) is 3.22. The van der Waals surface area contributed by atoms with E-state index in [-0.39, 0.29) is 17.6 Å². The molecule has 0 spiro atoms. The number of fused-ring (bicyclic) bond motifs is 1. The van der Waals surface area contributed by atoms with E-state index < -0.39 is 0 Å². The zero-order valence-corrected chi connectivity index (χ0v) is 14.8. The number of hydrogen-bond acceptors (Lipinski definition) is 3. The van der Waals surface area contributed by atoms with Crippen molar-refractivity contribution in [1.29, 1.82) is 0 Å². The molecule has 5 nitrogen and oxygen atoms in total. The highest BCUT2D eigenvalue weighted by atomic mass is 16.3. The van der Waals surface area contributed by atoms with E-state index in [1.54, 1.807) is 42.3 Å². The largest absolute Gasteiger partial charge is 0.508 e. The number of phenols is 1. The van der Waals surface area contributed by atoms with Gasteiger partial charge in [-0.1, -0.05) is 30.3 Å². The van der Waals surface area contributed by atoms with Crippen LogP contribution in [0.5, 0.6) is 5.75 Å². The zero-order chi connectivity index (χ0) is 19.0. The van der Waals surface area contributed by atoms with Crippen molar-refractivity contribution in [1.82, 2.24) is 0 Å². The smallest absolute Gasteiger partial charge is 0.255 e. The SMILES string of the molecule is CN1C(=O)Cc2ccc(C(=O)Nc3ccc(-c4cccc(O)c4)cc3)cc21. The summed E-state index contributed by atoms with van der Waals surface area (Å²) in [5.41, 5.74) is 4.75. The second-order valence-electron chi connectivity index (χ2n) is 6.55. The molecule has 0 atom stereocenters. The Morgan fingerprint density at radius 3 is 2.52 bits per heavy atom. The molecule has 2 amide bonds. The Morgan fingerprint density at radius 2 is 1.78 bits per heavy atom. The molecule has 4 rings (SSSR count). The van der Waals surface area contributed by atoms with Crippen LogP contribution in [0, 0.1) is 0 Å². The minimum atomic E-state index is -0.226. The van der Waals surface area contributed by atoms with Gasteiger partial charge in [0.25, 0.3) is 5.91 Å². The van der Waals surface area contributed by atoms with Gasteiger partial charge >= 0.3 is 0 Å². The van der Waals surface area contributed by atoms with Crippen LogP contribution in [0.25, 0.3) is 11.1 Å². The lowest BCUT2D eigenvalue weighted by atomic mass is 10.0. The first-order chi connectivity index (χ1) is 13.0. The average Bonchev–Trinajstić information content (AvgIpc) is 2.96. The summed E-state index contributed by atoms with van der Waals surface area (Å²) in [6.45, 7) is 0. The Bertz CT molecular complexity index is 1040. The molecule has 3 aromatic rings. The molecule has 1 heterocycles. The Hall–Kier alpha value is -3.60. The minimum absolute atomic E-state index is 0.0325. The summed E-state index contributed by atoms with van der Waals surface area (Å²) in [6, 6.07) is 19.7. The number of amides is 2. The molecule has 134 valence electrons. The van der Waals surface area contributed by atoms with Crippen LogP contribution in [-0.2, 0) is 11.2 Å². The Labute approximate surface area is 156 Å². The maximum Gasteiger partial charge on any atom is 0.255 e. The van der Waals surface area contributed by atoms with Crippen LogP contribution in [-0.4, -0.2) is 24.0 Å². The summed E-state index contributed by atoms with van der Waals surface area (Å²) < 4.78 is 0. The van der Waals surface area contributed by atoms with Crippen LogP contribution in [0.15, 0.2) is 66.7 Å². The molecule has 3 aromatic carbocycles. The molecular weight excluding hydrogens is 340 g/mol. The monoisotopic (exact) mass is 358 g/mol. The van der Waals surface area contributed by atoms with E-state index in [1.807, 2.05) is 36.4 Å². The number of nitrogens with zero attached hydrogens (tertiary/aromatic N) is 1. The van der Waals surface area contributed by atoms with Crippen LogP contribution in [0.1, 0.15) is 15.9 Å². The van der Waals surface area contributed by atoms with Crippen LogP contribution >= 0.6 is 0 Å². The molecule has 0 fully saturated rings. The molecule has 5 heteroatoms. The fourth-order valence-corrected chi connectivity index (χ4v) is 3.22. The second kappa shape index (κ2) is 6.61. The van der Waals surface area contributed by atoms with Gasteiger partial charge < -0.3 is 15.3 Å². The third-order valence-corrected chi connectivity index (χ3v) is 4.75. The first-order valence-corrected chi connectivity index (χ1v) is 8.61. The third kappa shape index (κ3) is 3.27. The molecule has 0 saturated carbocycles. The third-order valence-electron chi connectivity index (χ3n) is 4.75. The summed E-state index contributed by atoms with van der Waals surface area (Å²) in [5, 5.41) is 12.5. The molecule has 0 bridgehead atoms. The number of carbonyl (C=O) groups is 2. The summed E-state index contributed by atoms with van der Waals surface area (Å²) in [7, 11) is 1.72. The molecule has 27 heavy (non-hydrogen) atoms. The second-order valence-corrected chi connectivity index (χ2v) is 6.55. The highest BCUT2D eigenvalue weighted by Gasteiger charge is 2.24. The lowest BCUT2D eigenvalue weighted by molar-refractivity contribution is -0.117. The number of hydrogen-bond donors (Lipinski definition) is 2. The quantitative estimate of drug-likeness (QED) is 0.748. The van der Waals surface area contributed by atoms with E-state index in [0.29, 0.717) is 17.7 Å². The van der Waals surface area contributed by atoms with Gasteiger partial charge in [-0.2, -0.15) is 0 Å². The lowest BCUT2D eigenvalue weighted by Crippen LogP contribution is -2.21. The Morgan fingerprint density at radius 1 is 1.00 bits per heavy atom. The van der Waals surface area contributed by atoms with Crippen LogP contribution in [0.2, 0.25) is 0 Å². The van der Waals surface area contributed by atoms with Crippen molar-refractivity contribution < 1.29 is 14.7 Å². The predicted molar refractivity (Wildman–Crippen MR) is 105 cm³/mol. The standard InChI is InChI=1S/C22H18N2O3/c1-24-20-12-17(6-5-16(20)13-21(24)26)22(27)23-18-9-7-14(8-10-18)15-3-2-4-19(25)11-15/h2-12,25H,13H2,1H3,(H,23,27). The van der Waals surface area contributed by atoms with E-state index >= 15 is 0 Å². The van der Waals surface area contributed by atoms with Gasteiger partial charge in [0.1, 0.15) is 5.75 Å². The first kappa shape index (κ1) is 16.8. The van der Waals surface area contributed by atoms with E-state index in [4.69, 9.17) is 0 Å². The van der Waals surface area contributed by atoms with Gasteiger partial charge in [0.05, 0.1) is 6.42 Å². The van der Waals surface area contributed by atoms with Crippen molar-refractivity contribution >= 4 is 23.2 Å². The van der Waals surface area contributed by atoms with Crippen LogP contribution < -0.4 is 10.2 Å². The van der Waals surface area contributed by atoms with Gasteiger partial charge in [0.2, 0.25) is 5.91 Å². The summed E-state index contributed by atoms with van der Waals surface area (Å²) in [6.07, 6.45) is 0.379. The molecule has 0 radical (unpaired) electrons. The fraction of sp³-hybridized carbons (Fsp3) is 0.0909. The van der Waals surface area contributed by atoms with E-state index in [9.17, 15) is 14.7 Å². The number of benzene rings is 3. The first-order valence-electron chi connectivity index (χ1n) is 8.61. The van der Waals surface area contributed by atoms with Gasteiger partial charge in [0.15, 0.2) is 0 Å². The van der Waals surface area contributed by atoms with E-state index in [1.165, 1.54) is 0 Å². The van der Waals surface area contributed by atoms with Crippen molar-refractivity contribution in [3.8, 4) is 16.9 Å². The van der Waals surface area contributed by atoms with Crippen molar-refractivity contribution in [3.05, 3.63) is 77.9 Å². The van der Waals surface area contributed by atoms with Crippen LogP contribution in [0.4, 0.5) is 11.4 Å². The minimum Gasteiger partial charge on any atom is -0.508 e. The summed E-state index contributed by atoms with van der Waals surface area (Å²) in [4.78, 5) is 25.9. The van der Waals surface area contributed by atoms with Gasteiger partial charge in [-0.15, -0.1) is 0 Å². The highest BCUT2D eigenvalue weighted by molar-refractivity contribution is 6.07. The molecule has 0 unspecified atom stereocenters. The molecular formula is C22H18N2O3. The molecule has 0 saturated heterocycles. The number of nitrogens with one attached hydrogen (secondary N) is 1. The number of aromatic hydroxyl groups is 1. The van der Waals surface area contributed by atoms with Crippen LogP contribution in [0.3, 0.4) is 0 Å². The number of anilines is 2. The van der Waals surface area contributed by atoms with Gasteiger partial charge in [-0.05, 0) is 53.1 Å². The van der Waals surface area contributed by atoms with Crippen molar-refractivity contribution in [2.45, 2.75) is 6.42 Å². The normalized spacial score (nSPS) is 12.8. The maximum absolute atomic E-state index is 12.6. The average molecular weight is 358 g/mol. The maximum atomic E-state index is 12.6. The molecule has 0 aliphatic carbocycles. The Balaban J connectivity index is 1.51. The highest BCUT2D eigenvalue weighted by Crippen LogP contribution is 2.29. The number of rotatable bonds is 3. The van der Waals surface area contributed by atoms with Gasteiger partial charge in [0, 0.05) is 24.0 Å². The predicted octanol–water partition coefficient (Wildman–Crippen LogP) is 3.83. The van der Waals surface area contributed by atoms with Crippen molar-refractivity contribution in [2.75, 3.05) is 17.3 Å². The van der Waals surface area contributed by atoms with Gasteiger partial charge in [-0.3, -0.25) is 9.59 Å². The van der Waals surface area contributed by atoms with E-state index in [2.05, 4.69) is 5.32 Å². The number of phenolic OH excluding ortho intramolecular Hbond substituents is 1. The number of carbonyl (C=O) groups excluding carboxylic acids is 2. The van der Waals surface area contributed by atoms with Gasteiger partial charge in [-0.25, -0.2) is 0 Å². The molecule has 1 aliphatic heterocycles. The zero-order valence-electron chi connectivity index (χ0n) is 14.8. The summed E-state index contributed by atoms with van der Waals surface area (Å²) >= 11 is 0. The van der Waals surface area contributed by atoms with Crippen molar-refractivity contribution in [3.63, 3.8) is 0 Å². The molecule has 2 N–H and O–H groups in total. The molecule has 0 aromatic heterocycles. The topological polar surface area (TPSA) is 69.6 Å². The summed E-state index contributed by atoms with van der Waals surface area (Å²) in [5.74, 6) is 0.0192. The molecule has 1 aliphatic rings. The lowest BCUT2D eigenvalue weighted by Gasteiger charge is -2.12. The Kier molecular flexibility index (Phi) is 4.12.